The van der Waals surface area contributed by atoms with Gasteiger partial charge in [0.15, 0.2) is 5.11 Å². The molecule has 0 aliphatic rings. The topological polar surface area (TPSA) is 27.3 Å². The highest BCUT2D eigenvalue weighted by Gasteiger charge is 1.98. The summed E-state index contributed by atoms with van der Waals surface area (Å²) in [6.07, 6.45) is 3.26. The van der Waals surface area contributed by atoms with Crippen LogP contribution in [0.5, 0.6) is 0 Å². The lowest BCUT2D eigenvalue weighted by atomic mass is 10.2. The number of nitrogens with one attached hydrogen (secondary N) is 2. The molecule has 0 unspecified atom stereocenters. The van der Waals surface area contributed by atoms with Crippen molar-refractivity contribution in [1.82, 2.24) is 10.6 Å². The average molecular weight is 297 g/mol. The lowest BCUT2D eigenvalue weighted by Gasteiger charge is -2.13. The summed E-state index contributed by atoms with van der Waals surface area (Å²) in [5, 5.41) is 7.17. The Kier molecular flexibility index (Phi) is 7.67. The first-order valence-electron chi connectivity index (χ1n) is 6.40. The van der Waals surface area contributed by atoms with E-state index in [1.807, 2.05) is 25.9 Å². The molecule has 0 aromatic heterocycles. The third-order valence-corrected chi connectivity index (χ3v) is 3.70. The zero-order valence-electron chi connectivity index (χ0n) is 11.9. The predicted molar refractivity (Wildman–Crippen MR) is 91.2 cm³/mol. The second-order valence-electron chi connectivity index (χ2n) is 4.52. The Hall–Kier alpha value is -0.940. The van der Waals surface area contributed by atoms with Crippen LogP contribution in [0.25, 0.3) is 0 Å². The van der Waals surface area contributed by atoms with E-state index in [1.165, 1.54) is 17.0 Å². The fourth-order valence-corrected chi connectivity index (χ4v) is 2.18. The maximum absolute atomic E-state index is 5.23. The highest BCUT2D eigenvalue weighted by molar-refractivity contribution is 7.98. The van der Waals surface area contributed by atoms with Gasteiger partial charge >= 0.3 is 0 Å². The molecular weight excluding hydrogens is 274 g/mol. The minimum absolute atomic E-state index is 0.734. The van der Waals surface area contributed by atoms with E-state index in [4.69, 9.17) is 12.2 Å². The van der Waals surface area contributed by atoms with Gasteiger partial charge in [0.1, 0.15) is 0 Å². The van der Waals surface area contributed by atoms with Gasteiger partial charge < -0.3 is 15.5 Å². The molecule has 0 aliphatic carbocycles. The molecule has 1 rings (SSSR count). The minimum atomic E-state index is 0.734. The van der Waals surface area contributed by atoms with Crippen molar-refractivity contribution in [3.05, 3.63) is 29.8 Å². The van der Waals surface area contributed by atoms with Crippen molar-refractivity contribution >= 4 is 34.8 Å². The van der Waals surface area contributed by atoms with Crippen molar-refractivity contribution in [2.75, 3.05) is 37.5 Å². The van der Waals surface area contributed by atoms with E-state index in [1.54, 1.807) is 0 Å². The third-order valence-electron chi connectivity index (χ3n) is 2.72. The number of benzene rings is 1. The molecule has 1 aromatic carbocycles. The fourth-order valence-electron chi connectivity index (χ4n) is 1.58. The van der Waals surface area contributed by atoms with Crippen LogP contribution in [0.4, 0.5) is 5.69 Å². The summed E-state index contributed by atoms with van der Waals surface area (Å²) in [6.45, 7) is 1.70. The number of hydrogen-bond acceptors (Lipinski definition) is 3. The van der Waals surface area contributed by atoms with Crippen LogP contribution in [-0.4, -0.2) is 37.8 Å². The van der Waals surface area contributed by atoms with Gasteiger partial charge in [0.2, 0.25) is 0 Å². The molecule has 0 fully saturated rings. The number of nitrogens with zero attached hydrogens (tertiary/aromatic N) is 1. The van der Waals surface area contributed by atoms with Crippen LogP contribution in [0.15, 0.2) is 24.3 Å². The molecule has 0 saturated carbocycles. The molecule has 0 aliphatic heterocycles. The number of anilines is 1. The lowest BCUT2D eigenvalue weighted by molar-refractivity contribution is 0.804. The summed E-state index contributed by atoms with van der Waals surface area (Å²) >= 11 is 7.09. The fraction of sp³-hybridized carbons (Fsp3) is 0.500. The molecule has 5 heteroatoms. The maximum Gasteiger partial charge on any atom is 0.166 e. The first-order valence-corrected chi connectivity index (χ1v) is 8.20. The summed E-state index contributed by atoms with van der Waals surface area (Å²) in [7, 11) is 4.09. The molecule has 0 radical (unpaired) electrons. The molecule has 106 valence electrons. The van der Waals surface area contributed by atoms with E-state index in [2.05, 4.69) is 46.1 Å². The third kappa shape index (κ3) is 6.68. The number of thioether (sulfide) groups is 1. The van der Waals surface area contributed by atoms with Crippen LogP contribution in [0.3, 0.4) is 0 Å². The molecule has 0 bridgehead atoms. The standard InChI is InChI=1S/C14H23N3S2/c1-17(2)13-7-5-12(6-8-13)11-16-14(18)15-9-4-10-19-3/h5-8H,4,9-11H2,1-3H3,(H2,15,16,18). The van der Waals surface area contributed by atoms with Crippen molar-refractivity contribution in [2.45, 2.75) is 13.0 Å². The molecular formula is C14H23N3S2. The highest BCUT2D eigenvalue weighted by Crippen LogP contribution is 2.11. The first-order chi connectivity index (χ1) is 9.13. The van der Waals surface area contributed by atoms with Gasteiger partial charge in [0, 0.05) is 32.9 Å². The van der Waals surface area contributed by atoms with Gasteiger partial charge in [-0.1, -0.05) is 12.1 Å². The Morgan fingerprint density at radius 2 is 1.89 bits per heavy atom. The summed E-state index contributed by atoms with van der Waals surface area (Å²) < 4.78 is 0. The van der Waals surface area contributed by atoms with E-state index in [-0.39, 0.29) is 0 Å². The van der Waals surface area contributed by atoms with Gasteiger partial charge in [0.25, 0.3) is 0 Å². The molecule has 0 spiro atoms. The molecule has 3 nitrogen and oxygen atoms in total. The van der Waals surface area contributed by atoms with E-state index in [0.29, 0.717) is 0 Å². The van der Waals surface area contributed by atoms with Gasteiger partial charge in [-0.3, -0.25) is 0 Å². The van der Waals surface area contributed by atoms with Gasteiger partial charge in [-0.05, 0) is 48.3 Å². The summed E-state index contributed by atoms with van der Waals surface area (Å²) in [4.78, 5) is 2.09. The number of rotatable bonds is 7. The van der Waals surface area contributed by atoms with Crippen LogP contribution in [0.1, 0.15) is 12.0 Å². The Morgan fingerprint density at radius 3 is 2.47 bits per heavy atom. The molecule has 19 heavy (non-hydrogen) atoms. The molecule has 0 amide bonds. The zero-order chi connectivity index (χ0) is 14.1. The first kappa shape index (κ1) is 16.1. The molecule has 1 aromatic rings. The quantitative estimate of drug-likeness (QED) is 0.596. The van der Waals surface area contributed by atoms with E-state index in [0.717, 1.165) is 24.6 Å². The van der Waals surface area contributed by atoms with E-state index < -0.39 is 0 Å². The molecule has 2 N–H and O–H groups in total. The molecule has 0 heterocycles. The van der Waals surface area contributed by atoms with Gasteiger partial charge in [-0.15, -0.1) is 0 Å². The Balaban J connectivity index is 2.26. The second-order valence-corrected chi connectivity index (χ2v) is 5.91. The Bertz CT molecular complexity index is 377. The van der Waals surface area contributed by atoms with Crippen molar-refractivity contribution in [1.29, 1.82) is 0 Å². The van der Waals surface area contributed by atoms with Crippen LogP contribution < -0.4 is 15.5 Å². The molecule has 0 saturated heterocycles. The maximum atomic E-state index is 5.23. The number of thiocarbonyl (C=S) groups is 1. The predicted octanol–water partition coefficient (Wildman–Crippen LogP) is 2.47. The van der Waals surface area contributed by atoms with Gasteiger partial charge in [0.05, 0.1) is 0 Å². The minimum Gasteiger partial charge on any atom is -0.378 e. The number of hydrogen-bond donors (Lipinski definition) is 2. The van der Waals surface area contributed by atoms with Gasteiger partial charge in [-0.25, -0.2) is 0 Å². The van der Waals surface area contributed by atoms with Crippen LogP contribution >= 0.6 is 24.0 Å². The van der Waals surface area contributed by atoms with Crippen LogP contribution in [0.2, 0.25) is 0 Å². The normalized spacial score (nSPS) is 10.1. The van der Waals surface area contributed by atoms with Crippen LogP contribution in [0, 0.1) is 0 Å². The lowest BCUT2D eigenvalue weighted by Crippen LogP contribution is -2.35. The van der Waals surface area contributed by atoms with Crippen molar-refractivity contribution in [2.24, 2.45) is 0 Å². The smallest absolute Gasteiger partial charge is 0.166 e. The largest absolute Gasteiger partial charge is 0.378 e. The second kappa shape index (κ2) is 9.04. The summed E-state index contributed by atoms with van der Waals surface area (Å²) in [6, 6.07) is 8.48. The SMILES string of the molecule is CSCCCNC(=S)NCc1ccc(N(C)C)cc1. The highest BCUT2D eigenvalue weighted by atomic mass is 32.2. The summed E-state index contributed by atoms with van der Waals surface area (Å²) in [5.41, 5.74) is 2.44. The summed E-state index contributed by atoms with van der Waals surface area (Å²) in [5.74, 6) is 1.17. The van der Waals surface area contributed by atoms with E-state index in [9.17, 15) is 0 Å². The van der Waals surface area contributed by atoms with E-state index >= 15 is 0 Å². The monoisotopic (exact) mass is 297 g/mol. The Morgan fingerprint density at radius 1 is 1.21 bits per heavy atom. The zero-order valence-corrected chi connectivity index (χ0v) is 13.5. The average Bonchev–Trinajstić information content (AvgIpc) is 2.42. The van der Waals surface area contributed by atoms with Crippen molar-refractivity contribution in [3.8, 4) is 0 Å². The van der Waals surface area contributed by atoms with Gasteiger partial charge in [-0.2, -0.15) is 11.8 Å². The van der Waals surface area contributed by atoms with Crippen LogP contribution in [-0.2, 0) is 6.54 Å². The van der Waals surface area contributed by atoms with Crippen molar-refractivity contribution in [3.63, 3.8) is 0 Å². The van der Waals surface area contributed by atoms with Crippen molar-refractivity contribution < 1.29 is 0 Å². The Labute approximate surface area is 126 Å². The molecule has 0 atom stereocenters.